The summed E-state index contributed by atoms with van der Waals surface area (Å²) in [5.41, 5.74) is 2.41. The van der Waals surface area contributed by atoms with Crippen LogP contribution < -0.4 is 10.1 Å². The SMILES string of the molecule is COc1c(C)c2c(c(O)c1C/C=C(\C)CCC(=O)Nc1nc3cc(C(F)(F)F)ccc3n1Cc1ccco1)C(=O)OC2. The summed E-state index contributed by atoms with van der Waals surface area (Å²) in [6.07, 6.45) is -0.536. The predicted molar refractivity (Wildman–Crippen MR) is 146 cm³/mol. The minimum atomic E-state index is -4.53. The van der Waals surface area contributed by atoms with E-state index in [1.165, 1.54) is 19.4 Å². The first-order valence-corrected chi connectivity index (χ1v) is 13.1. The smallest absolute Gasteiger partial charge is 0.416 e. The average molecular weight is 584 g/mol. The normalized spacial score (nSPS) is 13.4. The van der Waals surface area contributed by atoms with Gasteiger partial charge in [0.25, 0.3) is 0 Å². The predicted octanol–water partition coefficient (Wildman–Crippen LogP) is 6.30. The van der Waals surface area contributed by atoms with Crippen LogP contribution >= 0.6 is 0 Å². The molecule has 2 N–H and O–H groups in total. The van der Waals surface area contributed by atoms with Crippen molar-refractivity contribution < 1.29 is 41.8 Å². The molecule has 0 fully saturated rings. The summed E-state index contributed by atoms with van der Waals surface area (Å²) in [7, 11) is 1.49. The fourth-order valence-electron chi connectivity index (χ4n) is 5.02. The zero-order valence-corrected chi connectivity index (χ0v) is 23.1. The third kappa shape index (κ3) is 5.56. The molecule has 0 bridgehead atoms. The molecular weight excluding hydrogens is 555 g/mol. The lowest BCUT2D eigenvalue weighted by molar-refractivity contribution is -0.137. The van der Waals surface area contributed by atoms with E-state index < -0.39 is 17.7 Å². The molecule has 0 saturated heterocycles. The number of hydrogen-bond acceptors (Lipinski definition) is 7. The third-order valence-electron chi connectivity index (χ3n) is 7.27. The van der Waals surface area contributed by atoms with E-state index in [1.807, 2.05) is 13.0 Å². The number of nitrogens with zero attached hydrogens (tertiary/aromatic N) is 2. The average Bonchev–Trinajstić information content (AvgIpc) is 3.68. The van der Waals surface area contributed by atoms with Crippen LogP contribution in [0.3, 0.4) is 0 Å². The number of phenolic OH excluding ortho intramolecular Hbond substituents is 1. The number of furan rings is 1. The first kappa shape index (κ1) is 28.8. The van der Waals surface area contributed by atoms with Crippen LogP contribution in [-0.4, -0.2) is 33.6 Å². The molecule has 0 aliphatic carbocycles. The number of aromatic hydroxyl groups is 1. The molecule has 0 radical (unpaired) electrons. The second kappa shape index (κ2) is 11.3. The van der Waals surface area contributed by atoms with Gasteiger partial charge in [0.2, 0.25) is 11.9 Å². The Kier molecular flexibility index (Phi) is 7.72. The van der Waals surface area contributed by atoms with E-state index in [4.69, 9.17) is 13.9 Å². The standard InChI is InChI=1S/C30H28F3N3O6/c1-16(6-9-20-26(38)25-21(15-42-28(25)39)17(2)27(20)40-3)7-11-24(37)35-29-34-22-13-18(30(31,32)33)8-10-23(22)36(29)14-19-5-4-12-41-19/h4-6,8,10,12-13,38H,7,9,11,14-15H2,1-3H3,(H,34,35,37)/b16-6+. The van der Waals surface area contributed by atoms with Gasteiger partial charge < -0.3 is 23.6 Å². The number of imidazole rings is 1. The number of halogens is 3. The van der Waals surface area contributed by atoms with Crippen molar-refractivity contribution in [2.45, 2.75) is 52.4 Å². The summed E-state index contributed by atoms with van der Waals surface area (Å²) in [4.78, 5) is 29.3. The number of anilines is 1. The van der Waals surface area contributed by atoms with Crippen LogP contribution in [0.5, 0.6) is 11.5 Å². The molecule has 0 saturated carbocycles. The molecule has 3 heterocycles. The van der Waals surface area contributed by atoms with Crippen molar-refractivity contribution in [2.24, 2.45) is 0 Å². The maximum Gasteiger partial charge on any atom is 0.416 e. The Morgan fingerprint density at radius 3 is 2.74 bits per heavy atom. The first-order valence-electron chi connectivity index (χ1n) is 13.1. The number of methoxy groups -OCH3 is 1. The zero-order valence-electron chi connectivity index (χ0n) is 23.1. The van der Waals surface area contributed by atoms with E-state index in [2.05, 4.69) is 10.3 Å². The van der Waals surface area contributed by atoms with Crippen LogP contribution in [-0.2, 0) is 35.3 Å². The van der Waals surface area contributed by atoms with Gasteiger partial charge in [0.1, 0.15) is 29.4 Å². The monoisotopic (exact) mass is 583 g/mol. The molecule has 42 heavy (non-hydrogen) atoms. The number of esters is 1. The highest BCUT2D eigenvalue weighted by molar-refractivity contribution is 5.98. The lowest BCUT2D eigenvalue weighted by Gasteiger charge is -2.15. The maximum absolute atomic E-state index is 13.3. The van der Waals surface area contributed by atoms with Crippen molar-refractivity contribution in [3.05, 3.63) is 81.8 Å². The quantitative estimate of drug-likeness (QED) is 0.176. The number of aromatic nitrogens is 2. The number of phenols is 1. The lowest BCUT2D eigenvalue weighted by Crippen LogP contribution is -2.16. The van der Waals surface area contributed by atoms with Crippen LogP contribution in [0.15, 0.2) is 52.7 Å². The van der Waals surface area contributed by atoms with Crippen molar-refractivity contribution in [1.82, 2.24) is 9.55 Å². The number of benzene rings is 2. The van der Waals surface area contributed by atoms with Gasteiger partial charge in [0.05, 0.1) is 36.5 Å². The summed E-state index contributed by atoms with van der Waals surface area (Å²) < 4.78 is 57.4. The Balaban J connectivity index is 1.31. The Hall–Kier alpha value is -4.74. The number of amides is 1. The van der Waals surface area contributed by atoms with Gasteiger partial charge in [-0.2, -0.15) is 13.2 Å². The van der Waals surface area contributed by atoms with Gasteiger partial charge in [-0.15, -0.1) is 0 Å². The first-order chi connectivity index (χ1) is 20.0. The number of alkyl halides is 3. The molecule has 12 heteroatoms. The number of carbonyl (C=O) groups is 2. The van der Waals surface area contributed by atoms with Crippen molar-refractivity contribution in [3.8, 4) is 11.5 Å². The highest BCUT2D eigenvalue weighted by Crippen LogP contribution is 2.42. The van der Waals surface area contributed by atoms with Gasteiger partial charge >= 0.3 is 12.1 Å². The van der Waals surface area contributed by atoms with E-state index in [9.17, 15) is 27.9 Å². The summed E-state index contributed by atoms with van der Waals surface area (Å²) in [5.74, 6) is -0.0398. The second-order valence-corrected chi connectivity index (χ2v) is 10.0. The van der Waals surface area contributed by atoms with E-state index >= 15 is 0 Å². The number of nitrogens with one attached hydrogen (secondary N) is 1. The van der Waals surface area contributed by atoms with Gasteiger partial charge in [0, 0.05) is 17.5 Å². The fraction of sp³-hybridized carbons (Fsp3) is 0.300. The molecule has 0 unspecified atom stereocenters. The molecule has 1 amide bonds. The van der Waals surface area contributed by atoms with Crippen LogP contribution in [0.25, 0.3) is 11.0 Å². The molecule has 9 nitrogen and oxygen atoms in total. The number of fused-ring (bicyclic) bond motifs is 2. The van der Waals surface area contributed by atoms with Crippen molar-refractivity contribution in [2.75, 3.05) is 12.4 Å². The summed E-state index contributed by atoms with van der Waals surface area (Å²) in [6, 6.07) is 6.64. The molecule has 220 valence electrons. The molecular formula is C30H28F3N3O6. The topological polar surface area (TPSA) is 116 Å². The van der Waals surface area contributed by atoms with E-state index in [0.29, 0.717) is 34.6 Å². The van der Waals surface area contributed by atoms with E-state index in [0.717, 1.165) is 23.3 Å². The molecule has 0 atom stereocenters. The largest absolute Gasteiger partial charge is 0.507 e. The highest BCUT2D eigenvalue weighted by atomic mass is 19.4. The fourth-order valence-corrected chi connectivity index (χ4v) is 5.02. The second-order valence-electron chi connectivity index (χ2n) is 10.0. The minimum Gasteiger partial charge on any atom is -0.507 e. The molecule has 5 rings (SSSR count). The number of ether oxygens (including phenoxy) is 2. The van der Waals surface area contributed by atoms with Gasteiger partial charge in [-0.3, -0.25) is 10.1 Å². The molecule has 4 aromatic rings. The van der Waals surface area contributed by atoms with Crippen LogP contribution in [0.2, 0.25) is 0 Å². The summed E-state index contributed by atoms with van der Waals surface area (Å²) in [6.45, 7) is 3.86. The minimum absolute atomic E-state index is 0.0682. The van der Waals surface area contributed by atoms with Gasteiger partial charge in [-0.05, 0) is 62.6 Å². The Labute approximate surface area is 238 Å². The maximum atomic E-state index is 13.3. The number of allylic oxidation sites excluding steroid dienone is 2. The van der Waals surface area contributed by atoms with Gasteiger partial charge in [-0.25, -0.2) is 9.78 Å². The van der Waals surface area contributed by atoms with Crippen LogP contribution in [0.1, 0.15) is 58.1 Å². The Morgan fingerprint density at radius 2 is 2.05 bits per heavy atom. The number of carbonyl (C=O) groups excluding carboxylic acids is 2. The van der Waals surface area contributed by atoms with Crippen molar-refractivity contribution in [3.63, 3.8) is 0 Å². The zero-order chi connectivity index (χ0) is 30.2. The molecule has 2 aromatic heterocycles. The molecule has 1 aliphatic rings. The Morgan fingerprint density at radius 1 is 1.26 bits per heavy atom. The van der Waals surface area contributed by atoms with Crippen molar-refractivity contribution in [1.29, 1.82) is 0 Å². The number of cyclic esters (lactones) is 1. The van der Waals surface area contributed by atoms with Gasteiger partial charge in [-0.1, -0.05) is 11.6 Å². The summed E-state index contributed by atoms with van der Waals surface area (Å²) >= 11 is 0. The third-order valence-corrected chi connectivity index (χ3v) is 7.27. The lowest BCUT2D eigenvalue weighted by atomic mass is 9.94. The van der Waals surface area contributed by atoms with Gasteiger partial charge in [0.15, 0.2) is 0 Å². The van der Waals surface area contributed by atoms with E-state index in [-0.39, 0.29) is 54.7 Å². The summed E-state index contributed by atoms with van der Waals surface area (Å²) in [5, 5.41) is 13.5. The number of hydrogen-bond donors (Lipinski definition) is 2. The molecule has 2 aromatic carbocycles. The molecule has 0 spiro atoms. The van der Waals surface area contributed by atoms with Crippen LogP contribution in [0.4, 0.5) is 19.1 Å². The van der Waals surface area contributed by atoms with Crippen molar-refractivity contribution >= 4 is 28.9 Å². The van der Waals surface area contributed by atoms with E-state index in [1.54, 1.807) is 23.6 Å². The highest BCUT2D eigenvalue weighted by Gasteiger charge is 2.32. The molecule has 1 aliphatic heterocycles. The number of rotatable bonds is 9. The Bertz CT molecular complexity index is 1700. The van der Waals surface area contributed by atoms with Crippen LogP contribution in [0, 0.1) is 6.92 Å².